The zero-order valence-electron chi connectivity index (χ0n) is 13.4. The smallest absolute Gasteiger partial charge is 0.338 e. The Morgan fingerprint density at radius 2 is 2.04 bits per heavy atom. The molecule has 0 spiro atoms. The highest BCUT2D eigenvalue weighted by Crippen LogP contribution is 2.43. The summed E-state index contributed by atoms with van der Waals surface area (Å²) in [4.78, 5) is 12.4. The largest absolute Gasteiger partial charge is 0.463 e. The van der Waals surface area contributed by atoms with Crippen molar-refractivity contribution in [3.63, 3.8) is 0 Å². The lowest BCUT2D eigenvalue weighted by atomic mass is 9.82. The van der Waals surface area contributed by atoms with E-state index in [1.807, 2.05) is 6.07 Å². The molecule has 24 heavy (non-hydrogen) atoms. The Labute approximate surface area is 150 Å². The summed E-state index contributed by atoms with van der Waals surface area (Å²) in [5.74, 6) is -1.13. The minimum absolute atomic E-state index is 0.0586. The maximum absolute atomic E-state index is 12.4. The van der Waals surface area contributed by atoms with Gasteiger partial charge >= 0.3 is 5.97 Å². The first-order chi connectivity index (χ1) is 11.3. The zero-order chi connectivity index (χ0) is 18.0. The van der Waals surface area contributed by atoms with Gasteiger partial charge in [0.25, 0.3) is 0 Å². The molecular formula is C17H16Cl2N2O3. The normalized spacial score (nSPS) is 17.4. The van der Waals surface area contributed by atoms with E-state index in [2.05, 4.69) is 0 Å². The Morgan fingerprint density at radius 3 is 2.62 bits per heavy atom. The van der Waals surface area contributed by atoms with Crippen LogP contribution in [0, 0.1) is 18.3 Å². The number of allylic oxidation sites excluding steroid dienone is 2. The SMILES string of the molecule is CCOC(=O)C1=C(C)OC(N)=C(C#N)C1c1cc(C)c(Cl)cc1Cl. The first-order valence-corrected chi connectivity index (χ1v) is 7.98. The molecule has 0 saturated heterocycles. The molecule has 2 N–H and O–H groups in total. The maximum Gasteiger partial charge on any atom is 0.338 e. The van der Waals surface area contributed by atoms with Crippen LogP contribution in [0.15, 0.2) is 34.9 Å². The number of nitrogens with zero attached hydrogens (tertiary/aromatic N) is 1. The molecule has 5 nitrogen and oxygen atoms in total. The molecular weight excluding hydrogens is 351 g/mol. The number of nitrogens with two attached hydrogens (primary N) is 1. The highest BCUT2D eigenvalue weighted by Gasteiger charge is 2.37. The van der Waals surface area contributed by atoms with E-state index < -0.39 is 11.9 Å². The lowest BCUT2D eigenvalue weighted by Gasteiger charge is -2.27. The molecule has 0 aromatic heterocycles. The lowest BCUT2D eigenvalue weighted by molar-refractivity contribution is -0.139. The van der Waals surface area contributed by atoms with Gasteiger partial charge in [-0.25, -0.2) is 4.79 Å². The van der Waals surface area contributed by atoms with Gasteiger partial charge in [0.15, 0.2) is 0 Å². The first kappa shape index (κ1) is 18.2. The fraction of sp³-hybridized carbons (Fsp3) is 0.294. The molecule has 1 heterocycles. The molecule has 0 aliphatic carbocycles. The van der Waals surface area contributed by atoms with Crippen LogP contribution in [-0.2, 0) is 14.3 Å². The van der Waals surface area contributed by atoms with Crippen molar-refractivity contribution in [3.8, 4) is 6.07 Å². The van der Waals surface area contributed by atoms with Gasteiger partial charge < -0.3 is 15.2 Å². The molecule has 1 aromatic carbocycles. The maximum atomic E-state index is 12.4. The van der Waals surface area contributed by atoms with E-state index in [4.69, 9.17) is 38.4 Å². The summed E-state index contributed by atoms with van der Waals surface area (Å²) >= 11 is 12.4. The number of nitriles is 1. The Kier molecular flexibility index (Phi) is 5.43. The van der Waals surface area contributed by atoms with E-state index in [1.54, 1.807) is 32.9 Å². The van der Waals surface area contributed by atoms with Crippen LogP contribution >= 0.6 is 23.2 Å². The van der Waals surface area contributed by atoms with Crippen LogP contribution in [0.25, 0.3) is 0 Å². The summed E-state index contributed by atoms with van der Waals surface area (Å²) in [7, 11) is 0. The van der Waals surface area contributed by atoms with Gasteiger partial charge in [-0.3, -0.25) is 0 Å². The second-order valence-corrected chi connectivity index (χ2v) is 6.05. The number of halogens is 2. The highest BCUT2D eigenvalue weighted by molar-refractivity contribution is 6.35. The van der Waals surface area contributed by atoms with Crippen molar-refractivity contribution < 1.29 is 14.3 Å². The monoisotopic (exact) mass is 366 g/mol. The van der Waals surface area contributed by atoms with Crippen LogP contribution in [-0.4, -0.2) is 12.6 Å². The number of carbonyl (C=O) groups is 1. The van der Waals surface area contributed by atoms with Gasteiger partial charge in [-0.15, -0.1) is 0 Å². The van der Waals surface area contributed by atoms with Crippen LogP contribution in [0.5, 0.6) is 0 Å². The first-order valence-electron chi connectivity index (χ1n) is 7.22. The molecule has 1 aliphatic rings. The van der Waals surface area contributed by atoms with E-state index in [0.29, 0.717) is 15.6 Å². The summed E-state index contributed by atoms with van der Waals surface area (Å²) in [6, 6.07) is 5.32. The summed E-state index contributed by atoms with van der Waals surface area (Å²) in [6.07, 6.45) is 0. The fourth-order valence-electron chi connectivity index (χ4n) is 2.57. The Balaban J connectivity index is 2.72. The van der Waals surface area contributed by atoms with Crippen molar-refractivity contribution in [2.75, 3.05) is 6.61 Å². The van der Waals surface area contributed by atoms with Crippen LogP contribution in [0.3, 0.4) is 0 Å². The molecule has 0 amide bonds. The Hall–Kier alpha value is -2.16. The van der Waals surface area contributed by atoms with Gasteiger partial charge in [-0.05, 0) is 38.0 Å². The summed E-state index contributed by atoms with van der Waals surface area (Å²) in [6.45, 7) is 5.29. The Bertz CT molecular complexity index is 807. The second-order valence-electron chi connectivity index (χ2n) is 5.24. The van der Waals surface area contributed by atoms with Gasteiger partial charge in [-0.1, -0.05) is 29.3 Å². The van der Waals surface area contributed by atoms with Crippen LogP contribution in [0.1, 0.15) is 30.9 Å². The zero-order valence-corrected chi connectivity index (χ0v) is 15.0. The number of esters is 1. The van der Waals surface area contributed by atoms with Gasteiger partial charge in [-0.2, -0.15) is 5.26 Å². The number of rotatable bonds is 3. The van der Waals surface area contributed by atoms with E-state index in [9.17, 15) is 10.1 Å². The van der Waals surface area contributed by atoms with E-state index >= 15 is 0 Å². The molecule has 0 radical (unpaired) electrons. The quantitative estimate of drug-likeness (QED) is 0.818. The number of hydrogen-bond acceptors (Lipinski definition) is 5. The predicted octanol–water partition coefficient (Wildman–Crippen LogP) is 3.95. The Morgan fingerprint density at radius 1 is 1.38 bits per heavy atom. The summed E-state index contributed by atoms with van der Waals surface area (Å²) < 4.78 is 10.5. The molecule has 1 atom stereocenters. The summed E-state index contributed by atoms with van der Waals surface area (Å²) in [5, 5.41) is 10.3. The minimum Gasteiger partial charge on any atom is -0.463 e. The van der Waals surface area contributed by atoms with E-state index in [0.717, 1.165) is 5.56 Å². The van der Waals surface area contributed by atoms with Crippen molar-refractivity contribution in [1.29, 1.82) is 5.26 Å². The molecule has 1 aliphatic heterocycles. The van der Waals surface area contributed by atoms with E-state index in [-0.39, 0.29) is 29.4 Å². The van der Waals surface area contributed by atoms with Crippen LogP contribution < -0.4 is 5.73 Å². The van der Waals surface area contributed by atoms with Crippen molar-refractivity contribution in [1.82, 2.24) is 0 Å². The number of ether oxygens (including phenoxy) is 2. The molecule has 0 fully saturated rings. The van der Waals surface area contributed by atoms with Gasteiger partial charge in [0, 0.05) is 10.0 Å². The van der Waals surface area contributed by atoms with Crippen molar-refractivity contribution >= 4 is 29.2 Å². The van der Waals surface area contributed by atoms with Gasteiger partial charge in [0.2, 0.25) is 5.88 Å². The third-order valence-corrected chi connectivity index (χ3v) is 4.42. The predicted molar refractivity (Wildman–Crippen MR) is 91.2 cm³/mol. The minimum atomic E-state index is -0.772. The highest BCUT2D eigenvalue weighted by atomic mass is 35.5. The standard InChI is InChI=1S/C17H16Cl2N2O3/c1-4-23-17(22)14-9(3)24-16(21)11(7-20)15(14)10-5-8(2)12(18)6-13(10)19/h5-6,15H,4,21H2,1-3H3. The topological polar surface area (TPSA) is 85.3 Å². The molecule has 0 bridgehead atoms. The van der Waals surface area contributed by atoms with Crippen molar-refractivity contribution in [2.45, 2.75) is 26.7 Å². The molecule has 126 valence electrons. The molecule has 1 unspecified atom stereocenters. The molecule has 7 heteroatoms. The van der Waals surface area contributed by atoms with Crippen LogP contribution in [0.4, 0.5) is 0 Å². The third-order valence-electron chi connectivity index (χ3n) is 3.69. The fourth-order valence-corrected chi connectivity index (χ4v) is 3.06. The second kappa shape index (κ2) is 7.16. The van der Waals surface area contributed by atoms with E-state index in [1.165, 1.54) is 0 Å². The number of aryl methyl sites for hydroxylation is 1. The number of carbonyl (C=O) groups excluding carboxylic acids is 1. The van der Waals surface area contributed by atoms with Crippen molar-refractivity contribution in [3.05, 3.63) is 56.1 Å². The van der Waals surface area contributed by atoms with Gasteiger partial charge in [0.1, 0.15) is 17.4 Å². The molecule has 1 aromatic rings. The molecule has 2 rings (SSSR count). The summed E-state index contributed by atoms with van der Waals surface area (Å²) in [5.41, 5.74) is 7.45. The van der Waals surface area contributed by atoms with Gasteiger partial charge in [0.05, 0.1) is 18.1 Å². The average molecular weight is 367 g/mol. The average Bonchev–Trinajstić information content (AvgIpc) is 2.50. The lowest BCUT2D eigenvalue weighted by Crippen LogP contribution is -2.25. The number of benzene rings is 1. The van der Waals surface area contributed by atoms with Crippen molar-refractivity contribution in [2.24, 2.45) is 5.73 Å². The molecule has 0 saturated carbocycles. The third kappa shape index (κ3) is 3.21. The number of hydrogen-bond donors (Lipinski definition) is 1. The van der Waals surface area contributed by atoms with Crippen LogP contribution in [0.2, 0.25) is 10.0 Å².